The molecule has 0 radical (unpaired) electrons. The van der Waals surface area contributed by atoms with Gasteiger partial charge in [0.25, 0.3) is 0 Å². The molecule has 0 aliphatic heterocycles. The Morgan fingerprint density at radius 2 is 1.70 bits per heavy atom. The molecule has 1 aromatic heterocycles. The second-order valence-electron chi connectivity index (χ2n) is 5.23. The lowest BCUT2D eigenvalue weighted by atomic mass is 9.98. The summed E-state index contributed by atoms with van der Waals surface area (Å²) in [6.07, 6.45) is -0.738. The van der Waals surface area contributed by atoms with Gasteiger partial charge in [0, 0.05) is 5.56 Å². The van der Waals surface area contributed by atoms with Gasteiger partial charge < -0.3 is 11.5 Å². The van der Waals surface area contributed by atoms with Crippen LogP contribution in [0.15, 0.2) is 30.3 Å². The lowest BCUT2D eigenvalue weighted by Gasteiger charge is -2.11. The van der Waals surface area contributed by atoms with E-state index in [4.69, 9.17) is 11.5 Å². The van der Waals surface area contributed by atoms with Crippen molar-refractivity contribution in [2.45, 2.75) is 25.9 Å². The van der Waals surface area contributed by atoms with Crippen molar-refractivity contribution < 1.29 is 13.2 Å². The van der Waals surface area contributed by atoms with Gasteiger partial charge in [0.2, 0.25) is 5.95 Å². The molecule has 4 nitrogen and oxygen atoms in total. The van der Waals surface area contributed by atoms with E-state index >= 15 is 0 Å². The van der Waals surface area contributed by atoms with Gasteiger partial charge in [0.05, 0.1) is 11.3 Å². The van der Waals surface area contributed by atoms with Gasteiger partial charge in [-0.25, -0.2) is 4.98 Å². The minimum Gasteiger partial charge on any atom is -0.383 e. The van der Waals surface area contributed by atoms with Gasteiger partial charge >= 0.3 is 6.18 Å². The molecule has 0 saturated carbocycles. The van der Waals surface area contributed by atoms with Gasteiger partial charge in [0.1, 0.15) is 5.82 Å². The molecule has 1 aromatic carbocycles. The summed E-state index contributed by atoms with van der Waals surface area (Å²) < 4.78 is 37.7. The standard InChI is InChI=1S/C16H17F3N4/c1-9(11-4-6-12(7-5-11)16(17,18)19)3-8-13-10(2)22-15(21)23-14(13)20/h3-9H,1-2H3,(H4,20,21,22,23)/b8-3+/t9-/m1/s1. The maximum absolute atomic E-state index is 12.6. The van der Waals surface area contributed by atoms with E-state index < -0.39 is 11.7 Å². The zero-order valence-corrected chi connectivity index (χ0v) is 12.7. The molecule has 1 atom stereocenters. The molecule has 0 fully saturated rings. The number of rotatable bonds is 3. The fourth-order valence-corrected chi connectivity index (χ4v) is 2.16. The lowest BCUT2D eigenvalue weighted by Crippen LogP contribution is -2.05. The summed E-state index contributed by atoms with van der Waals surface area (Å²) in [5.41, 5.74) is 12.7. The van der Waals surface area contributed by atoms with Gasteiger partial charge in [-0.2, -0.15) is 18.2 Å². The van der Waals surface area contributed by atoms with E-state index in [2.05, 4.69) is 9.97 Å². The van der Waals surface area contributed by atoms with Crippen molar-refractivity contribution in [3.05, 3.63) is 52.7 Å². The van der Waals surface area contributed by atoms with Crippen molar-refractivity contribution in [3.63, 3.8) is 0 Å². The van der Waals surface area contributed by atoms with Crippen molar-refractivity contribution >= 4 is 17.8 Å². The number of hydrogen-bond donors (Lipinski definition) is 2. The summed E-state index contributed by atoms with van der Waals surface area (Å²) in [6, 6.07) is 5.08. The first-order valence-corrected chi connectivity index (χ1v) is 6.93. The Morgan fingerprint density at radius 1 is 1.09 bits per heavy atom. The Bertz CT molecular complexity index is 698. The van der Waals surface area contributed by atoms with E-state index in [9.17, 15) is 13.2 Å². The fraction of sp³-hybridized carbons (Fsp3) is 0.250. The Hall–Kier alpha value is -2.57. The fourth-order valence-electron chi connectivity index (χ4n) is 2.16. The molecule has 0 aliphatic rings. The maximum Gasteiger partial charge on any atom is 0.416 e. The van der Waals surface area contributed by atoms with Crippen LogP contribution in [0.25, 0.3) is 6.08 Å². The molecule has 0 saturated heterocycles. The number of allylic oxidation sites excluding steroid dienone is 1. The van der Waals surface area contributed by atoms with E-state index in [1.165, 1.54) is 12.1 Å². The summed E-state index contributed by atoms with van der Waals surface area (Å²) >= 11 is 0. The molecule has 2 rings (SSSR count). The molecule has 1 heterocycles. The van der Waals surface area contributed by atoms with Crippen LogP contribution < -0.4 is 11.5 Å². The van der Waals surface area contributed by atoms with Crippen LogP contribution in [0.4, 0.5) is 24.9 Å². The van der Waals surface area contributed by atoms with Crippen molar-refractivity contribution in [2.75, 3.05) is 11.5 Å². The smallest absolute Gasteiger partial charge is 0.383 e. The minimum atomic E-state index is -4.33. The molecule has 0 unspecified atom stereocenters. The molecule has 122 valence electrons. The summed E-state index contributed by atoms with van der Waals surface area (Å²) in [7, 11) is 0. The molecular weight excluding hydrogens is 305 g/mol. The summed E-state index contributed by atoms with van der Waals surface area (Å²) in [6.45, 7) is 3.64. The number of nitrogens with zero attached hydrogens (tertiary/aromatic N) is 2. The third-order valence-corrected chi connectivity index (χ3v) is 3.50. The summed E-state index contributed by atoms with van der Waals surface area (Å²) in [5, 5.41) is 0. The first kappa shape index (κ1) is 16.8. The minimum absolute atomic E-state index is 0.0892. The van der Waals surface area contributed by atoms with Crippen LogP contribution in [0.1, 0.15) is 35.2 Å². The van der Waals surface area contributed by atoms with Crippen LogP contribution in [-0.4, -0.2) is 9.97 Å². The topological polar surface area (TPSA) is 77.8 Å². The number of nitrogen functional groups attached to an aromatic ring is 2. The summed E-state index contributed by atoms with van der Waals surface area (Å²) in [4.78, 5) is 7.93. The van der Waals surface area contributed by atoms with Gasteiger partial charge in [-0.1, -0.05) is 31.2 Å². The number of benzene rings is 1. The molecule has 23 heavy (non-hydrogen) atoms. The van der Waals surface area contributed by atoms with E-state index in [0.29, 0.717) is 11.3 Å². The average molecular weight is 322 g/mol. The second-order valence-corrected chi connectivity index (χ2v) is 5.23. The van der Waals surface area contributed by atoms with Crippen molar-refractivity contribution in [1.82, 2.24) is 9.97 Å². The quantitative estimate of drug-likeness (QED) is 0.901. The van der Waals surface area contributed by atoms with Crippen LogP contribution in [-0.2, 0) is 6.18 Å². The third-order valence-electron chi connectivity index (χ3n) is 3.50. The largest absolute Gasteiger partial charge is 0.416 e. The predicted molar refractivity (Wildman–Crippen MR) is 84.5 cm³/mol. The number of nitrogens with two attached hydrogens (primary N) is 2. The average Bonchev–Trinajstić information content (AvgIpc) is 2.45. The van der Waals surface area contributed by atoms with Crippen LogP contribution in [0.2, 0.25) is 0 Å². The van der Waals surface area contributed by atoms with Gasteiger partial charge in [0.15, 0.2) is 0 Å². The molecule has 0 bridgehead atoms. The predicted octanol–water partition coefficient (Wildman–Crippen LogP) is 3.79. The Labute approximate surface area is 132 Å². The van der Waals surface area contributed by atoms with E-state index in [-0.39, 0.29) is 17.7 Å². The zero-order valence-electron chi connectivity index (χ0n) is 12.7. The van der Waals surface area contributed by atoms with Crippen molar-refractivity contribution in [2.24, 2.45) is 0 Å². The van der Waals surface area contributed by atoms with Crippen LogP contribution in [0.3, 0.4) is 0 Å². The van der Waals surface area contributed by atoms with E-state index in [1.54, 1.807) is 13.0 Å². The maximum atomic E-state index is 12.6. The Balaban J connectivity index is 2.20. The number of aryl methyl sites for hydroxylation is 1. The second kappa shape index (κ2) is 6.28. The first-order valence-electron chi connectivity index (χ1n) is 6.93. The van der Waals surface area contributed by atoms with Crippen molar-refractivity contribution in [3.8, 4) is 0 Å². The highest BCUT2D eigenvalue weighted by atomic mass is 19.4. The Kier molecular flexibility index (Phi) is 4.58. The number of anilines is 2. The highest BCUT2D eigenvalue weighted by Gasteiger charge is 2.30. The number of hydrogen-bond acceptors (Lipinski definition) is 4. The molecule has 4 N–H and O–H groups in total. The number of alkyl halides is 3. The zero-order chi connectivity index (χ0) is 17.2. The van der Waals surface area contributed by atoms with Crippen LogP contribution in [0.5, 0.6) is 0 Å². The normalized spacial score (nSPS) is 13.4. The van der Waals surface area contributed by atoms with Gasteiger partial charge in [-0.3, -0.25) is 0 Å². The molecular formula is C16H17F3N4. The highest BCUT2D eigenvalue weighted by Crippen LogP contribution is 2.30. The monoisotopic (exact) mass is 322 g/mol. The lowest BCUT2D eigenvalue weighted by molar-refractivity contribution is -0.137. The number of halogens is 3. The van der Waals surface area contributed by atoms with E-state index in [1.807, 2.05) is 13.0 Å². The summed E-state index contributed by atoms with van der Waals surface area (Å²) in [5.74, 6) is 0.285. The van der Waals surface area contributed by atoms with Crippen LogP contribution >= 0.6 is 0 Å². The van der Waals surface area contributed by atoms with Gasteiger partial charge in [-0.15, -0.1) is 0 Å². The Morgan fingerprint density at radius 3 is 2.22 bits per heavy atom. The SMILES string of the molecule is Cc1nc(N)nc(N)c1/C=C/[C@@H](C)c1ccc(C(F)(F)F)cc1. The van der Waals surface area contributed by atoms with Crippen LogP contribution in [0, 0.1) is 6.92 Å². The molecule has 0 amide bonds. The first-order chi connectivity index (χ1) is 10.7. The third kappa shape index (κ3) is 4.00. The molecule has 0 spiro atoms. The van der Waals surface area contributed by atoms with Gasteiger partial charge in [-0.05, 0) is 30.5 Å². The highest BCUT2D eigenvalue weighted by molar-refractivity contribution is 5.64. The molecule has 7 heteroatoms. The van der Waals surface area contributed by atoms with E-state index in [0.717, 1.165) is 17.7 Å². The molecule has 0 aliphatic carbocycles. The molecule has 2 aromatic rings. The number of aromatic nitrogens is 2. The van der Waals surface area contributed by atoms with Crippen molar-refractivity contribution in [1.29, 1.82) is 0 Å².